The van der Waals surface area contributed by atoms with Gasteiger partial charge in [-0.1, -0.05) is 12.8 Å². The summed E-state index contributed by atoms with van der Waals surface area (Å²) in [5.41, 5.74) is 5.97. The molecule has 1 fully saturated rings. The number of nitrogens with two attached hydrogens (primary N) is 1. The molecule has 1 atom stereocenters. The number of rotatable bonds is 4. The van der Waals surface area contributed by atoms with Crippen molar-refractivity contribution in [3.63, 3.8) is 0 Å². The zero-order chi connectivity index (χ0) is 9.68. The minimum Gasteiger partial charge on any atom is -0.469 e. The van der Waals surface area contributed by atoms with Crippen LogP contribution in [0.25, 0.3) is 0 Å². The van der Waals surface area contributed by atoms with E-state index in [1.807, 2.05) is 0 Å². The lowest BCUT2D eigenvalue weighted by molar-refractivity contribution is -0.140. The Labute approximate surface area is 79.6 Å². The second-order valence-corrected chi connectivity index (χ2v) is 3.82. The van der Waals surface area contributed by atoms with E-state index in [4.69, 9.17) is 5.73 Å². The molecule has 0 heterocycles. The van der Waals surface area contributed by atoms with Crippen molar-refractivity contribution < 1.29 is 9.53 Å². The maximum Gasteiger partial charge on any atom is 0.305 e. The average Bonchev–Trinajstić information content (AvgIpc) is 2.66. The molecular weight excluding hydrogens is 166 g/mol. The van der Waals surface area contributed by atoms with E-state index in [1.165, 1.54) is 32.8 Å². The van der Waals surface area contributed by atoms with Gasteiger partial charge in [-0.05, 0) is 25.2 Å². The molecule has 1 aliphatic rings. The van der Waals surface area contributed by atoms with E-state index in [0.29, 0.717) is 12.3 Å². The lowest BCUT2D eigenvalue weighted by Gasteiger charge is -2.17. The van der Waals surface area contributed by atoms with Crippen LogP contribution >= 0.6 is 0 Å². The second kappa shape index (κ2) is 5.22. The first kappa shape index (κ1) is 10.5. The molecule has 2 N–H and O–H groups in total. The summed E-state index contributed by atoms with van der Waals surface area (Å²) in [6.45, 7) is 0. The summed E-state index contributed by atoms with van der Waals surface area (Å²) in [6.07, 6.45) is 6.32. The fourth-order valence-corrected chi connectivity index (χ4v) is 2.01. The zero-order valence-electron chi connectivity index (χ0n) is 8.29. The molecular formula is C10H19NO2. The molecule has 0 radical (unpaired) electrons. The lowest BCUT2D eigenvalue weighted by Crippen LogP contribution is -2.29. The summed E-state index contributed by atoms with van der Waals surface area (Å²) in [5.74, 6) is 0.498. The Bertz CT molecular complexity index is 164. The predicted octanol–water partition coefficient (Wildman–Crippen LogP) is 1.46. The Morgan fingerprint density at radius 2 is 2.15 bits per heavy atom. The van der Waals surface area contributed by atoms with Gasteiger partial charge in [-0.2, -0.15) is 0 Å². The van der Waals surface area contributed by atoms with Crippen LogP contribution in [0.4, 0.5) is 0 Å². The first-order valence-electron chi connectivity index (χ1n) is 5.06. The maximum absolute atomic E-state index is 10.9. The Balaban J connectivity index is 2.16. The molecule has 0 aromatic carbocycles. The normalized spacial score (nSPS) is 20.2. The number of ether oxygens (including phenoxy) is 1. The van der Waals surface area contributed by atoms with Crippen LogP contribution < -0.4 is 5.73 Å². The number of esters is 1. The molecule has 1 saturated carbocycles. The van der Waals surface area contributed by atoms with Gasteiger partial charge in [-0.25, -0.2) is 0 Å². The highest BCUT2D eigenvalue weighted by Crippen LogP contribution is 2.28. The SMILES string of the molecule is COC(=O)CCC(N)C1CCCC1. The number of hydrogen-bond donors (Lipinski definition) is 1. The van der Waals surface area contributed by atoms with Crippen LogP contribution in [0, 0.1) is 5.92 Å². The molecule has 1 aliphatic carbocycles. The second-order valence-electron chi connectivity index (χ2n) is 3.82. The summed E-state index contributed by atoms with van der Waals surface area (Å²) in [4.78, 5) is 10.9. The fourth-order valence-electron chi connectivity index (χ4n) is 2.01. The van der Waals surface area contributed by atoms with Gasteiger partial charge in [0.1, 0.15) is 0 Å². The van der Waals surface area contributed by atoms with Crippen LogP contribution in [0.3, 0.4) is 0 Å². The summed E-state index contributed by atoms with van der Waals surface area (Å²) in [6, 6.07) is 0.196. The molecule has 0 saturated heterocycles. The van der Waals surface area contributed by atoms with Crippen molar-refractivity contribution in [1.82, 2.24) is 0 Å². The van der Waals surface area contributed by atoms with Crippen molar-refractivity contribution in [2.45, 2.75) is 44.6 Å². The molecule has 3 nitrogen and oxygen atoms in total. The molecule has 0 spiro atoms. The molecule has 1 unspecified atom stereocenters. The van der Waals surface area contributed by atoms with Gasteiger partial charge in [0.25, 0.3) is 0 Å². The van der Waals surface area contributed by atoms with Crippen molar-refractivity contribution in [3.05, 3.63) is 0 Å². The molecule has 13 heavy (non-hydrogen) atoms. The molecule has 0 aromatic heterocycles. The van der Waals surface area contributed by atoms with Gasteiger partial charge in [0.15, 0.2) is 0 Å². The fraction of sp³-hybridized carbons (Fsp3) is 0.900. The number of carbonyl (C=O) groups excluding carboxylic acids is 1. The van der Waals surface area contributed by atoms with E-state index >= 15 is 0 Å². The molecule has 0 amide bonds. The minimum absolute atomic E-state index is 0.145. The number of hydrogen-bond acceptors (Lipinski definition) is 3. The first-order valence-corrected chi connectivity index (χ1v) is 5.06. The van der Waals surface area contributed by atoms with E-state index in [2.05, 4.69) is 4.74 Å². The summed E-state index contributed by atoms with van der Waals surface area (Å²) in [7, 11) is 1.42. The Hall–Kier alpha value is -0.570. The zero-order valence-corrected chi connectivity index (χ0v) is 8.29. The number of methoxy groups -OCH3 is 1. The van der Waals surface area contributed by atoms with Crippen LogP contribution in [0.5, 0.6) is 0 Å². The summed E-state index contributed by atoms with van der Waals surface area (Å²) in [5, 5.41) is 0. The largest absolute Gasteiger partial charge is 0.469 e. The molecule has 0 bridgehead atoms. The maximum atomic E-state index is 10.9. The van der Waals surface area contributed by atoms with Gasteiger partial charge in [0, 0.05) is 12.5 Å². The van der Waals surface area contributed by atoms with Crippen LogP contribution in [0.1, 0.15) is 38.5 Å². The Morgan fingerprint density at radius 1 is 1.54 bits per heavy atom. The van der Waals surface area contributed by atoms with E-state index < -0.39 is 0 Å². The van der Waals surface area contributed by atoms with E-state index in [0.717, 1.165) is 6.42 Å². The predicted molar refractivity (Wildman–Crippen MR) is 51.2 cm³/mol. The molecule has 0 aromatic rings. The van der Waals surface area contributed by atoms with Gasteiger partial charge in [0.05, 0.1) is 7.11 Å². The van der Waals surface area contributed by atoms with E-state index in [1.54, 1.807) is 0 Å². The lowest BCUT2D eigenvalue weighted by atomic mass is 9.95. The third-order valence-corrected chi connectivity index (χ3v) is 2.91. The highest BCUT2D eigenvalue weighted by molar-refractivity contribution is 5.69. The van der Waals surface area contributed by atoms with Crippen LogP contribution in [0.15, 0.2) is 0 Å². The monoisotopic (exact) mass is 185 g/mol. The van der Waals surface area contributed by atoms with Gasteiger partial charge in [-0.3, -0.25) is 4.79 Å². The Kier molecular flexibility index (Phi) is 4.22. The van der Waals surface area contributed by atoms with Gasteiger partial charge < -0.3 is 10.5 Å². The van der Waals surface area contributed by atoms with Crippen LogP contribution in [0.2, 0.25) is 0 Å². The molecule has 76 valence electrons. The van der Waals surface area contributed by atoms with Crippen LogP contribution in [-0.4, -0.2) is 19.1 Å². The molecule has 0 aliphatic heterocycles. The van der Waals surface area contributed by atoms with Gasteiger partial charge >= 0.3 is 5.97 Å². The van der Waals surface area contributed by atoms with Crippen molar-refractivity contribution in [1.29, 1.82) is 0 Å². The minimum atomic E-state index is -0.145. The third kappa shape index (κ3) is 3.35. The highest BCUT2D eigenvalue weighted by atomic mass is 16.5. The average molecular weight is 185 g/mol. The van der Waals surface area contributed by atoms with Gasteiger partial charge in [0.2, 0.25) is 0 Å². The molecule has 1 rings (SSSR count). The van der Waals surface area contributed by atoms with Crippen molar-refractivity contribution in [3.8, 4) is 0 Å². The quantitative estimate of drug-likeness (QED) is 0.674. The van der Waals surface area contributed by atoms with Crippen molar-refractivity contribution >= 4 is 5.97 Å². The summed E-state index contributed by atoms with van der Waals surface area (Å²) >= 11 is 0. The first-order chi connectivity index (χ1) is 6.24. The van der Waals surface area contributed by atoms with E-state index in [-0.39, 0.29) is 12.0 Å². The van der Waals surface area contributed by atoms with Crippen LogP contribution in [-0.2, 0) is 9.53 Å². The summed E-state index contributed by atoms with van der Waals surface area (Å²) < 4.78 is 4.57. The highest BCUT2D eigenvalue weighted by Gasteiger charge is 2.22. The Morgan fingerprint density at radius 3 is 2.69 bits per heavy atom. The van der Waals surface area contributed by atoms with Crippen molar-refractivity contribution in [2.24, 2.45) is 11.7 Å². The topological polar surface area (TPSA) is 52.3 Å². The van der Waals surface area contributed by atoms with Crippen molar-refractivity contribution in [2.75, 3.05) is 7.11 Å². The standard InChI is InChI=1S/C10H19NO2/c1-13-10(12)7-6-9(11)8-4-2-3-5-8/h8-9H,2-7,11H2,1H3. The third-order valence-electron chi connectivity index (χ3n) is 2.91. The van der Waals surface area contributed by atoms with E-state index in [9.17, 15) is 4.79 Å². The number of carbonyl (C=O) groups is 1. The molecule has 3 heteroatoms. The smallest absolute Gasteiger partial charge is 0.305 e. The van der Waals surface area contributed by atoms with Gasteiger partial charge in [-0.15, -0.1) is 0 Å².